The van der Waals surface area contributed by atoms with Gasteiger partial charge < -0.3 is 5.11 Å². The minimum absolute atomic E-state index is 0.342. The molecule has 1 unspecified atom stereocenters. The third kappa shape index (κ3) is 5.37. The van der Waals surface area contributed by atoms with E-state index in [9.17, 15) is 9.50 Å². The van der Waals surface area contributed by atoms with E-state index in [0.29, 0.717) is 23.2 Å². The third-order valence-electron chi connectivity index (χ3n) is 9.34. The Hall–Kier alpha value is -0.890. The summed E-state index contributed by atoms with van der Waals surface area (Å²) in [4.78, 5) is 0. The van der Waals surface area contributed by atoms with Crippen LogP contribution in [-0.4, -0.2) is 16.9 Å². The van der Waals surface area contributed by atoms with Crippen molar-refractivity contribution >= 4 is 0 Å². The zero-order valence-electron chi connectivity index (χ0n) is 20.9. The summed E-state index contributed by atoms with van der Waals surface area (Å²) in [5, 5.41) is 10.2. The molecule has 0 aromatic heterocycles. The Kier molecular flexibility index (Phi) is 7.61. The molecule has 0 aromatic carbocycles. The van der Waals surface area contributed by atoms with Crippen molar-refractivity contribution < 1.29 is 9.50 Å². The lowest BCUT2D eigenvalue weighted by atomic mass is 9.55. The largest absolute Gasteiger partial charge is 0.390 e. The van der Waals surface area contributed by atoms with Gasteiger partial charge in [0.15, 0.2) is 0 Å². The second-order valence-corrected chi connectivity index (χ2v) is 12.0. The molecule has 5 atom stereocenters. The molecule has 3 aliphatic carbocycles. The Morgan fingerprint density at radius 3 is 2.52 bits per heavy atom. The van der Waals surface area contributed by atoms with Crippen LogP contribution in [0.25, 0.3) is 0 Å². The smallest absolute Gasteiger partial charge is 0.125 e. The van der Waals surface area contributed by atoms with Crippen molar-refractivity contribution in [2.75, 3.05) is 0 Å². The second kappa shape index (κ2) is 9.54. The van der Waals surface area contributed by atoms with Gasteiger partial charge in [0.05, 0.1) is 5.60 Å². The van der Waals surface area contributed by atoms with Crippen LogP contribution in [0.1, 0.15) is 112 Å². The van der Waals surface area contributed by atoms with Gasteiger partial charge >= 0.3 is 0 Å². The maximum absolute atomic E-state index is 14.1. The first-order valence-corrected chi connectivity index (χ1v) is 13.0. The Morgan fingerprint density at radius 1 is 1.10 bits per heavy atom. The fourth-order valence-corrected chi connectivity index (χ4v) is 7.31. The van der Waals surface area contributed by atoms with Gasteiger partial charge in [-0.15, -0.1) is 0 Å². The number of halogens is 1. The molecule has 0 aromatic rings. The zero-order chi connectivity index (χ0) is 22.9. The molecule has 0 amide bonds. The number of hydrogen-bond acceptors (Lipinski definition) is 1. The molecule has 0 spiro atoms. The first-order chi connectivity index (χ1) is 14.5. The van der Waals surface area contributed by atoms with Gasteiger partial charge in [-0.3, -0.25) is 0 Å². The van der Waals surface area contributed by atoms with E-state index >= 15 is 0 Å². The fraction of sp³-hybridized carbons (Fsp3) is 0.793. The second-order valence-electron chi connectivity index (χ2n) is 12.0. The van der Waals surface area contributed by atoms with E-state index in [1.54, 1.807) is 5.57 Å². The van der Waals surface area contributed by atoms with Crippen LogP contribution in [0, 0.1) is 22.7 Å². The van der Waals surface area contributed by atoms with E-state index in [1.165, 1.54) is 44.9 Å². The molecule has 31 heavy (non-hydrogen) atoms. The van der Waals surface area contributed by atoms with Gasteiger partial charge in [-0.1, -0.05) is 57.9 Å². The Bertz CT molecular complexity index is 711. The summed E-state index contributed by atoms with van der Waals surface area (Å²) in [5.74, 6) is 1.41. The molecule has 0 aliphatic heterocycles. The summed E-state index contributed by atoms with van der Waals surface area (Å²) in [6.07, 6.45) is 17.1. The highest BCUT2D eigenvalue weighted by molar-refractivity contribution is 5.38. The Morgan fingerprint density at radius 2 is 1.84 bits per heavy atom. The topological polar surface area (TPSA) is 20.2 Å². The van der Waals surface area contributed by atoms with Crippen molar-refractivity contribution in [1.82, 2.24) is 0 Å². The van der Waals surface area contributed by atoms with E-state index in [2.05, 4.69) is 39.5 Å². The molecule has 0 bridgehead atoms. The highest BCUT2D eigenvalue weighted by atomic mass is 19.1. The minimum Gasteiger partial charge on any atom is -0.390 e. The molecule has 176 valence electrons. The quantitative estimate of drug-likeness (QED) is 0.429. The maximum Gasteiger partial charge on any atom is 0.125 e. The van der Waals surface area contributed by atoms with Crippen LogP contribution in [0.15, 0.2) is 35.5 Å². The molecule has 3 saturated carbocycles. The fourth-order valence-electron chi connectivity index (χ4n) is 7.31. The lowest BCUT2D eigenvalue weighted by molar-refractivity contribution is 0.0157. The van der Waals surface area contributed by atoms with Gasteiger partial charge in [0.2, 0.25) is 0 Å². The molecular weight excluding hydrogens is 383 g/mol. The average molecular weight is 431 g/mol. The van der Waals surface area contributed by atoms with Crippen molar-refractivity contribution in [1.29, 1.82) is 0 Å². The van der Waals surface area contributed by atoms with E-state index in [1.807, 2.05) is 13.8 Å². The summed E-state index contributed by atoms with van der Waals surface area (Å²) in [5.41, 5.74) is 3.61. The molecule has 0 heterocycles. The summed E-state index contributed by atoms with van der Waals surface area (Å²) in [6, 6.07) is 0. The number of rotatable bonds is 7. The molecule has 3 aliphatic rings. The van der Waals surface area contributed by atoms with Crippen LogP contribution < -0.4 is 0 Å². The van der Waals surface area contributed by atoms with E-state index in [0.717, 1.165) is 42.7 Å². The van der Waals surface area contributed by atoms with Gasteiger partial charge in [-0.05, 0) is 112 Å². The number of aliphatic hydroxyl groups is 1. The molecular formula is C29H47FO. The van der Waals surface area contributed by atoms with Gasteiger partial charge in [0, 0.05) is 0 Å². The van der Waals surface area contributed by atoms with Crippen molar-refractivity contribution in [3.63, 3.8) is 0 Å². The molecule has 3 rings (SSSR count). The highest BCUT2D eigenvalue weighted by Gasteiger charge is 2.54. The van der Waals surface area contributed by atoms with Crippen LogP contribution in [0.4, 0.5) is 4.39 Å². The summed E-state index contributed by atoms with van der Waals surface area (Å²) in [6.45, 7) is 15.3. The predicted octanol–water partition coefficient (Wildman–Crippen LogP) is 8.49. The molecule has 0 saturated heterocycles. The van der Waals surface area contributed by atoms with Crippen molar-refractivity contribution in [3.05, 3.63) is 35.5 Å². The molecule has 3 fully saturated rings. The number of allylic oxidation sites excluding steroid dienone is 5. The molecule has 0 radical (unpaired) electrons. The SMILES string of the molecule is C=C1/C(=C\C=C2/CCC[C@@]3(C)C2CC[C@@H]3[C@@](C)(CC)CCCC(C)(C)O)CCC[C@@H]1F. The number of alkyl halides is 1. The highest BCUT2D eigenvalue weighted by Crippen LogP contribution is 2.63. The summed E-state index contributed by atoms with van der Waals surface area (Å²) < 4.78 is 14.1. The van der Waals surface area contributed by atoms with Gasteiger partial charge in [0.1, 0.15) is 6.17 Å². The average Bonchev–Trinajstić information content (AvgIpc) is 3.06. The summed E-state index contributed by atoms with van der Waals surface area (Å²) in [7, 11) is 0. The summed E-state index contributed by atoms with van der Waals surface area (Å²) >= 11 is 0. The van der Waals surface area contributed by atoms with E-state index in [-0.39, 0.29) is 0 Å². The van der Waals surface area contributed by atoms with Crippen LogP contribution in [0.3, 0.4) is 0 Å². The van der Waals surface area contributed by atoms with Crippen molar-refractivity contribution in [3.8, 4) is 0 Å². The lowest BCUT2D eigenvalue weighted by Gasteiger charge is -2.49. The van der Waals surface area contributed by atoms with Crippen molar-refractivity contribution in [2.45, 2.75) is 123 Å². The maximum atomic E-state index is 14.1. The first kappa shape index (κ1) is 24.7. The van der Waals surface area contributed by atoms with Crippen LogP contribution in [-0.2, 0) is 0 Å². The minimum atomic E-state index is -0.847. The zero-order valence-corrected chi connectivity index (χ0v) is 20.9. The third-order valence-corrected chi connectivity index (χ3v) is 9.34. The Labute approximate surface area is 191 Å². The number of hydrogen-bond donors (Lipinski definition) is 1. The Balaban J connectivity index is 1.77. The van der Waals surface area contributed by atoms with Gasteiger partial charge in [-0.25, -0.2) is 4.39 Å². The monoisotopic (exact) mass is 430 g/mol. The van der Waals surface area contributed by atoms with Crippen LogP contribution in [0.5, 0.6) is 0 Å². The lowest BCUT2D eigenvalue weighted by Crippen LogP contribution is -2.41. The van der Waals surface area contributed by atoms with Gasteiger partial charge in [-0.2, -0.15) is 0 Å². The van der Waals surface area contributed by atoms with Gasteiger partial charge in [0.25, 0.3) is 0 Å². The van der Waals surface area contributed by atoms with E-state index in [4.69, 9.17) is 0 Å². The molecule has 2 heteroatoms. The van der Waals surface area contributed by atoms with Crippen LogP contribution >= 0.6 is 0 Å². The van der Waals surface area contributed by atoms with E-state index < -0.39 is 11.8 Å². The standard InChI is InChI=1S/C29H47FO/c1-7-28(5,19-10-18-27(3,4)31)26-17-16-24-23(12-9-20-29(24,26)6)15-14-22-11-8-13-25(30)21(22)2/h14-15,24-26,31H,2,7-13,16-20H2,1,3-6H3/b22-14-,23-15+/t24?,25-,26+,28-,29-/m0/s1. The molecule has 1 nitrogen and oxygen atoms in total. The van der Waals surface area contributed by atoms with Crippen LogP contribution in [0.2, 0.25) is 0 Å². The molecule has 1 N–H and O–H groups in total. The number of fused-ring (bicyclic) bond motifs is 1. The first-order valence-electron chi connectivity index (χ1n) is 13.0. The normalized spacial score (nSPS) is 36.6. The van der Waals surface area contributed by atoms with Crippen molar-refractivity contribution in [2.24, 2.45) is 22.7 Å². The predicted molar refractivity (Wildman–Crippen MR) is 131 cm³/mol.